The van der Waals surface area contributed by atoms with Crippen LogP contribution in [0.3, 0.4) is 0 Å². The summed E-state index contributed by atoms with van der Waals surface area (Å²) in [6, 6.07) is 16.9. The number of amides is 2. The van der Waals surface area contributed by atoms with Crippen molar-refractivity contribution in [3.05, 3.63) is 106 Å². The third-order valence-electron chi connectivity index (χ3n) is 6.44. The standard InChI is InChI=1S/C28H28N6O3/c1-19-6-9-21(16-30-19)28(36)33-14-12-25-24(18-33)26(32-34(25)17-22-5-3-4-13-29-22)27(35)31-15-20-7-10-23(37-2)11-8-20/h3-11,13,16H,12,14-15,17-18H2,1-2H3,(H,31,35). The summed E-state index contributed by atoms with van der Waals surface area (Å²) in [4.78, 5) is 36.9. The van der Waals surface area contributed by atoms with Crippen LogP contribution in [0.4, 0.5) is 0 Å². The number of fused-ring (bicyclic) bond motifs is 1. The minimum atomic E-state index is -0.279. The lowest BCUT2D eigenvalue weighted by molar-refractivity contribution is 0.0730. The molecule has 0 bridgehead atoms. The fourth-order valence-electron chi connectivity index (χ4n) is 4.41. The molecule has 37 heavy (non-hydrogen) atoms. The molecule has 4 aromatic rings. The molecular weight excluding hydrogens is 468 g/mol. The van der Waals surface area contributed by atoms with Crippen LogP contribution in [-0.4, -0.2) is 50.1 Å². The maximum Gasteiger partial charge on any atom is 0.272 e. The predicted molar refractivity (Wildman–Crippen MR) is 137 cm³/mol. The molecule has 1 aromatic carbocycles. The van der Waals surface area contributed by atoms with Crippen LogP contribution in [0.5, 0.6) is 5.75 Å². The highest BCUT2D eigenvalue weighted by Gasteiger charge is 2.30. The minimum Gasteiger partial charge on any atom is -0.497 e. The number of ether oxygens (including phenoxy) is 1. The highest BCUT2D eigenvalue weighted by atomic mass is 16.5. The summed E-state index contributed by atoms with van der Waals surface area (Å²) in [5.74, 6) is 0.365. The number of nitrogens with one attached hydrogen (secondary N) is 1. The Labute approximate surface area is 215 Å². The summed E-state index contributed by atoms with van der Waals surface area (Å²) in [5.41, 5.74) is 5.22. The molecule has 2 amide bonds. The second-order valence-corrected chi connectivity index (χ2v) is 8.95. The van der Waals surface area contributed by atoms with Gasteiger partial charge in [-0.3, -0.25) is 24.2 Å². The molecule has 0 unspecified atom stereocenters. The number of benzene rings is 1. The van der Waals surface area contributed by atoms with E-state index in [4.69, 9.17) is 9.84 Å². The molecule has 3 aromatic heterocycles. The van der Waals surface area contributed by atoms with Crippen molar-refractivity contribution >= 4 is 11.8 Å². The van der Waals surface area contributed by atoms with E-state index in [-0.39, 0.29) is 11.8 Å². The summed E-state index contributed by atoms with van der Waals surface area (Å²) in [6.07, 6.45) is 3.93. The number of nitrogens with zero attached hydrogens (tertiary/aromatic N) is 5. The van der Waals surface area contributed by atoms with E-state index in [2.05, 4.69) is 15.3 Å². The maximum atomic E-state index is 13.3. The molecule has 1 aliphatic rings. The van der Waals surface area contributed by atoms with Crippen molar-refractivity contribution in [2.75, 3.05) is 13.7 Å². The largest absolute Gasteiger partial charge is 0.497 e. The molecule has 188 valence electrons. The van der Waals surface area contributed by atoms with Gasteiger partial charge in [-0.25, -0.2) is 0 Å². The van der Waals surface area contributed by atoms with E-state index in [1.54, 1.807) is 30.5 Å². The van der Waals surface area contributed by atoms with E-state index in [0.29, 0.717) is 43.9 Å². The third-order valence-corrected chi connectivity index (χ3v) is 6.44. The Morgan fingerprint density at radius 1 is 1.05 bits per heavy atom. The van der Waals surface area contributed by atoms with E-state index in [9.17, 15) is 9.59 Å². The Balaban J connectivity index is 1.40. The van der Waals surface area contributed by atoms with E-state index < -0.39 is 0 Å². The first kappa shape index (κ1) is 24.2. The zero-order chi connectivity index (χ0) is 25.8. The molecule has 0 atom stereocenters. The number of pyridine rings is 2. The van der Waals surface area contributed by atoms with Gasteiger partial charge in [-0.1, -0.05) is 18.2 Å². The number of hydrogen-bond donors (Lipinski definition) is 1. The molecule has 0 aliphatic carbocycles. The lowest BCUT2D eigenvalue weighted by Gasteiger charge is -2.28. The summed E-state index contributed by atoms with van der Waals surface area (Å²) >= 11 is 0. The van der Waals surface area contributed by atoms with Crippen LogP contribution in [0.15, 0.2) is 67.0 Å². The van der Waals surface area contributed by atoms with Gasteiger partial charge < -0.3 is 15.0 Å². The molecule has 9 nitrogen and oxygen atoms in total. The van der Waals surface area contributed by atoms with Gasteiger partial charge >= 0.3 is 0 Å². The molecule has 5 rings (SSSR count). The van der Waals surface area contributed by atoms with Crippen molar-refractivity contribution in [3.8, 4) is 5.75 Å². The second-order valence-electron chi connectivity index (χ2n) is 8.95. The van der Waals surface area contributed by atoms with Gasteiger partial charge in [-0.05, 0) is 48.9 Å². The molecule has 4 heterocycles. The van der Waals surface area contributed by atoms with Gasteiger partial charge in [0.1, 0.15) is 5.75 Å². The van der Waals surface area contributed by atoms with Gasteiger partial charge in [0.25, 0.3) is 11.8 Å². The van der Waals surface area contributed by atoms with E-state index >= 15 is 0 Å². The van der Waals surface area contributed by atoms with Crippen molar-refractivity contribution in [1.29, 1.82) is 0 Å². The van der Waals surface area contributed by atoms with Gasteiger partial charge in [0, 0.05) is 48.9 Å². The smallest absolute Gasteiger partial charge is 0.272 e. The van der Waals surface area contributed by atoms with E-state index in [1.165, 1.54) is 0 Å². The normalized spacial score (nSPS) is 12.6. The van der Waals surface area contributed by atoms with Gasteiger partial charge in [-0.2, -0.15) is 5.10 Å². The number of hydrogen-bond acceptors (Lipinski definition) is 6. The fourth-order valence-corrected chi connectivity index (χ4v) is 4.41. The Hall–Kier alpha value is -4.53. The van der Waals surface area contributed by atoms with Crippen molar-refractivity contribution in [3.63, 3.8) is 0 Å². The second kappa shape index (κ2) is 10.6. The van der Waals surface area contributed by atoms with Crippen LogP contribution in [0, 0.1) is 6.92 Å². The van der Waals surface area contributed by atoms with Crippen LogP contribution in [0.25, 0.3) is 0 Å². The van der Waals surface area contributed by atoms with Crippen molar-refractivity contribution in [1.82, 2.24) is 30.0 Å². The molecule has 0 fully saturated rings. The topological polar surface area (TPSA) is 102 Å². The fraction of sp³-hybridized carbons (Fsp3) is 0.250. The number of aryl methyl sites for hydroxylation is 1. The lowest BCUT2D eigenvalue weighted by atomic mass is 10.0. The molecule has 0 saturated carbocycles. The number of carbonyl (C=O) groups is 2. The quantitative estimate of drug-likeness (QED) is 0.422. The first-order chi connectivity index (χ1) is 18.0. The third kappa shape index (κ3) is 5.35. The van der Waals surface area contributed by atoms with Gasteiger partial charge in [-0.15, -0.1) is 0 Å². The first-order valence-electron chi connectivity index (χ1n) is 12.1. The Bertz CT molecular complexity index is 1400. The zero-order valence-electron chi connectivity index (χ0n) is 20.8. The van der Waals surface area contributed by atoms with Gasteiger partial charge in [0.05, 0.1) is 31.5 Å². The van der Waals surface area contributed by atoms with Crippen LogP contribution in [0.1, 0.15) is 49.1 Å². The molecule has 1 N–H and O–H groups in total. The molecule has 0 radical (unpaired) electrons. The van der Waals surface area contributed by atoms with Crippen molar-refractivity contribution in [2.45, 2.75) is 33.0 Å². The first-order valence-corrected chi connectivity index (χ1v) is 12.1. The summed E-state index contributed by atoms with van der Waals surface area (Å²) in [7, 11) is 1.62. The molecule has 1 aliphatic heterocycles. The number of aromatic nitrogens is 4. The van der Waals surface area contributed by atoms with Crippen LogP contribution in [0.2, 0.25) is 0 Å². The number of carbonyl (C=O) groups excluding carboxylic acids is 2. The Morgan fingerprint density at radius 2 is 1.89 bits per heavy atom. The van der Waals surface area contributed by atoms with Crippen molar-refractivity contribution in [2.24, 2.45) is 0 Å². The zero-order valence-corrected chi connectivity index (χ0v) is 20.8. The van der Waals surface area contributed by atoms with Crippen LogP contribution >= 0.6 is 0 Å². The average Bonchev–Trinajstić information content (AvgIpc) is 3.30. The summed E-state index contributed by atoms with van der Waals surface area (Å²) in [6.45, 7) is 3.51. The summed E-state index contributed by atoms with van der Waals surface area (Å²) in [5, 5.41) is 7.68. The van der Waals surface area contributed by atoms with E-state index in [0.717, 1.165) is 34.0 Å². The van der Waals surface area contributed by atoms with Crippen LogP contribution < -0.4 is 10.1 Å². The molecular formula is C28H28N6O3. The SMILES string of the molecule is COc1ccc(CNC(=O)c2nn(Cc3ccccn3)c3c2CN(C(=O)c2ccc(C)nc2)CC3)cc1. The number of rotatable bonds is 7. The monoisotopic (exact) mass is 496 g/mol. The maximum absolute atomic E-state index is 13.3. The van der Waals surface area contributed by atoms with E-state index in [1.807, 2.05) is 60.1 Å². The van der Waals surface area contributed by atoms with Crippen LogP contribution in [-0.2, 0) is 26.1 Å². The molecule has 0 spiro atoms. The van der Waals surface area contributed by atoms with Gasteiger partial charge in [0.15, 0.2) is 5.69 Å². The average molecular weight is 497 g/mol. The Kier molecular flexibility index (Phi) is 6.93. The number of methoxy groups -OCH3 is 1. The van der Waals surface area contributed by atoms with Crippen molar-refractivity contribution < 1.29 is 14.3 Å². The predicted octanol–water partition coefficient (Wildman–Crippen LogP) is 3.17. The highest BCUT2D eigenvalue weighted by molar-refractivity contribution is 5.96. The highest BCUT2D eigenvalue weighted by Crippen LogP contribution is 2.25. The molecule has 9 heteroatoms. The lowest BCUT2D eigenvalue weighted by Crippen LogP contribution is -2.37. The minimum absolute atomic E-state index is 0.111. The Morgan fingerprint density at radius 3 is 2.59 bits per heavy atom. The summed E-state index contributed by atoms with van der Waals surface area (Å²) < 4.78 is 7.05. The van der Waals surface area contributed by atoms with Gasteiger partial charge in [0.2, 0.25) is 0 Å². The molecule has 0 saturated heterocycles.